The van der Waals surface area contributed by atoms with E-state index in [1.54, 1.807) is 6.07 Å². The molecule has 0 aliphatic carbocycles. The quantitative estimate of drug-likeness (QED) is 0.266. The molecular weight excluding hydrogens is 533 g/mol. The molecule has 1 amide bonds. The zero-order chi connectivity index (χ0) is 28.0. The lowest BCUT2D eigenvalue weighted by Gasteiger charge is -2.21. The van der Waals surface area contributed by atoms with Crippen LogP contribution in [0, 0.1) is 17.5 Å². The lowest BCUT2D eigenvalue weighted by molar-refractivity contribution is -0.110. The molecule has 6 rings (SSSR count). The number of halogens is 3. The second kappa shape index (κ2) is 10.6. The fourth-order valence-electron chi connectivity index (χ4n) is 5.23. The van der Waals surface area contributed by atoms with Gasteiger partial charge < -0.3 is 19.7 Å². The van der Waals surface area contributed by atoms with Crippen LogP contribution in [-0.2, 0) is 4.79 Å². The predicted molar refractivity (Wildman–Crippen MR) is 155 cm³/mol. The summed E-state index contributed by atoms with van der Waals surface area (Å²) < 4.78 is 44.1. The molecule has 4 aromatic rings. The maximum atomic E-state index is 14.2. The normalized spacial score (nSPS) is 17.9. The van der Waals surface area contributed by atoms with Crippen LogP contribution in [0.1, 0.15) is 17.5 Å². The molecule has 1 fully saturated rings. The molecule has 1 saturated heterocycles. The van der Waals surface area contributed by atoms with Crippen molar-refractivity contribution < 1.29 is 18.0 Å². The Kier molecular flexibility index (Phi) is 6.93. The molecule has 2 aliphatic rings. The number of benzene rings is 3. The Hall–Kier alpha value is -3.95. The van der Waals surface area contributed by atoms with Crippen molar-refractivity contribution in [1.29, 1.82) is 0 Å². The molecule has 204 valence electrons. The topological polar surface area (TPSA) is 40.5 Å². The summed E-state index contributed by atoms with van der Waals surface area (Å²) in [5.41, 5.74) is 3.64. The van der Waals surface area contributed by atoms with Crippen LogP contribution in [0.3, 0.4) is 0 Å². The standard InChI is InChI=1S/C31H27F3N4OS/c1-36(2)11-6-12-37-18-22(40-31(37)29-24-15-25(33)26(34)16-27(24)35-30(29)39)13-19-17-38(21-8-5-7-20(32)14-21)28-10-4-3-9-23(19)28/h3-5,7-10,13-17H,6,11-12,18H2,1-2H3,(H,35,39). The first-order valence-corrected chi connectivity index (χ1v) is 13.8. The maximum absolute atomic E-state index is 14.2. The van der Waals surface area contributed by atoms with E-state index in [0.29, 0.717) is 24.2 Å². The second-order valence-corrected chi connectivity index (χ2v) is 11.3. The Labute approximate surface area is 234 Å². The lowest BCUT2D eigenvalue weighted by atomic mass is 10.1. The number of rotatable bonds is 6. The van der Waals surface area contributed by atoms with Gasteiger partial charge in [0.1, 0.15) is 5.82 Å². The highest BCUT2D eigenvalue weighted by Crippen LogP contribution is 2.46. The number of carbonyl (C=O) groups is 1. The molecule has 0 atom stereocenters. The van der Waals surface area contributed by atoms with Gasteiger partial charge in [-0.3, -0.25) is 4.79 Å². The minimum absolute atomic E-state index is 0.274. The second-order valence-electron chi connectivity index (χ2n) is 10.2. The molecule has 1 N–H and O–H groups in total. The van der Waals surface area contributed by atoms with Gasteiger partial charge in [-0.15, -0.1) is 0 Å². The molecule has 3 heterocycles. The molecule has 0 unspecified atom stereocenters. The number of anilines is 1. The first-order valence-electron chi connectivity index (χ1n) is 13.0. The van der Waals surface area contributed by atoms with E-state index in [-0.39, 0.29) is 17.4 Å². The zero-order valence-electron chi connectivity index (χ0n) is 22.0. The summed E-state index contributed by atoms with van der Waals surface area (Å²) in [7, 11) is 4.02. The number of aromatic nitrogens is 1. The number of para-hydroxylation sites is 1. The van der Waals surface area contributed by atoms with Gasteiger partial charge in [0.05, 0.1) is 21.8 Å². The maximum Gasteiger partial charge on any atom is 0.259 e. The van der Waals surface area contributed by atoms with Crippen molar-refractivity contribution in [2.45, 2.75) is 6.42 Å². The number of amides is 1. The molecule has 0 radical (unpaired) electrons. The minimum atomic E-state index is -0.998. The van der Waals surface area contributed by atoms with Crippen molar-refractivity contribution in [2.75, 3.05) is 39.0 Å². The average molecular weight is 561 g/mol. The Morgan fingerprint density at radius 1 is 1.02 bits per heavy atom. The van der Waals surface area contributed by atoms with Gasteiger partial charge in [0.25, 0.3) is 5.91 Å². The highest BCUT2D eigenvalue weighted by Gasteiger charge is 2.35. The van der Waals surface area contributed by atoms with E-state index in [1.807, 2.05) is 55.2 Å². The SMILES string of the molecule is CN(C)CCCN1CC(=Cc2cn(-c3cccc(F)c3)c3ccccc23)SC1=C1C(=O)Nc2cc(F)c(F)cc21. The van der Waals surface area contributed by atoms with Crippen LogP contribution in [0.5, 0.6) is 0 Å². The van der Waals surface area contributed by atoms with Crippen LogP contribution < -0.4 is 5.32 Å². The first kappa shape index (κ1) is 26.3. The number of carbonyl (C=O) groups excluding carboxylic acids is 1. The summed E-state index contributed by atoms with van der Waals surface area (Å²) in [5, 5.41) is 4.44. The van der Waals surface area contributed by atoms with Crippen molar-refractivity contribution in [3.05, 3.63) is 105 Å². The van der Waals surface area contributed by atoms with Gasteiger partial charge in [0.2, 0.25) is 0 Å². The predicted octanol–water partition coefficient (Wildman–Crippen LogP) is 6.71. The Morgan fingerprint density at radius 3 is 2.62 bits per heavy atom. The fraction of sp³-hybridized carbons (Fsp3) is 0.194. The smallest absolute Gasteiger partial charge is 0.259 e. The average Bonchev–Trinajstić information content (AvgIpc) is 3.57. The molecule has 2 aliphatic heterocycles. The number of fused-ring (bicyclic) bond motifs is 2. The largest absolute Gasteiger partial charge is 0.361 e. The Morgan fingerprint density at radius 2 is 1.82 bits per heavy atom. The van der Waals surface area contributed by atoms with E-state index in [1.165, 1.54) is 23.9 Å². The zero-order valence-corrected chi connectivity index (χ0v) is 22.9. The van der Waals surface area contributed by atoms with Gasteiger partial charge in [-0.05, 0) is 63.5 Å². The third-order valence-electron chi connectivity index (χ3n) is 7.06. The number of nitrogens with zero attached hydrogens (tertiary/aromatic N) is 3. The molecule has 9 heteroatoms. The molecule has 1 aromatic heterocycles. The summed E-state index contributed by atoms with van der Waals surface area (Å²) in [4.78, 5) is 18.3. The van der Waals surface area contributed by atoms with Crippen LogP contribution in [0.15, 0.2) is 76.8 Å². The summed E-state index contributed by atoms with van der Waals surface area (Å²) in [6.45, 7) is 2.13. The monoisotopic (exact) mass is 560 g/mol. The van der Waals surface area contributed by atoms with Crippen LogP contribution in [0.4, 0.5) is 18.9 Å². The van der Waals surface area contributed by atoms with Gasteiger partial charge in [-0.25, -0.2) is 13.2 Å². The number of thioether (sulfide) groups is 1. The molecule has 3 aromatic carbocycles. The highest BCUT2D eigenvalue weighted by atomic mass is 32.2. The molecule has 5 nitrogen and oxygen atoms in total. The van der Waals surface area contributed by atoms with Crippen LogP contribution in [0.25, 0.3) is 28.2 Å². The van der Waals surface area contributed by atoms with E-state index < -0.39 is 11.6 Å². The summed E-state index contributed by atoms with van der Waals surface area (Å²) in [6.07, 6.45) is 4.95. The van der Waals surface area contributed by atoms with Gasteiger partial charge in [-0.2, -0.15) is 0 Å². The number of nitrogens with one attached hydrogen (secondary N) is 1. The molecular formula is C31H27F3N4OS. The van der Waals surface area contributed by atoms with Gasteiger partial charge >= 0.3 is 0 Å². The van der Waals surface area contributed by atoms with E-state index in [0.717, 1.165) is 57.2 Å². The van der Waals surface area contributed by atoms with Crippen molar-refractivity contribution in [1.82, 2.24) is 14.4 Å². The van der Waals surface area contributed by atoms with Crippen molar-refractivity contribution >= 4 is 45.9 Å². The van der Waals surface area contributed by atoms with Gasteiger partial charge in [-0.1, -0.05) is 36.0 Å². The van der Waals surface area contributed by atoms with Gasteiger partial charge in [0.15, 0.2) is 11.6 Å². The summed E-state index contributed by atoms with van der Waals surface area (Å²) in [6, 6.07) is 16.6. The summed E-state index contributed by atoms with van der Waals surface area (Å²) in [5.74, 6) is -2.67. The van der Waals surface area contributed by atoms with Crippen LogP contribution in [0.2, 0.25) is 0 Å². The van der Waals surface area contributed by atoms with Crippen molar-refractivity contribution in [2.24, 2.45) is 0 Å². The molecule has 0 saturated carbocycles. The van der Waals surface area contributed by atoms with Crippen molar-refractivity contribution in [3.8, 4) is 5.69 Å². The number of hydrogen-bond donors (Lipinski definition) is 1. The third kappa shape index (κ3) is 4.91. The summed E-state index contributed by atoms with van der Waals surface area (Å²) >= 11 is 1.47. The molecule has 0 bridgehead atoms. The van der Waals surface area contributed by atoms with Crippen LogP contribution in [-0.4, -0.2) is 54.0 Å². The van der Waals surface area contributed by atoms with Crippen molar-refractivity contribution in [3.63, 3.8) is 0 Å². The Balaban J connectivity index is 1.43. The third-order valence-corrected chi connectivity index (χ3v) is 8.22. The lowest BCUT2D eigenvalue weighted by Crippen LogP contribution is -2.25. The Bertz CT molecular complexity index is 1710. The molecule has 40 heavy (non-hydrogen) atoms. The van der Waals surface area contributed by atoms with E-state index in [4.69, 9.17) is 0 Å². The van der Waals surface area contributed by atoms with Gasteiger partial charge in [0, 0.05) is 52.5 Å². The highest BCUT2D eigenvalue weighted by molar-refractivity contribution is 8.07. The first-order chi connectivity index (χ1) is 19.3. The number of hydrogen-bond acceptors (Lipinski definition) is 4. The van der Waals surface area contributed by atoms with E-state index in [2.05, 4.69) is 21.2 Å². The van der Waals surface area contributed by atoms with E-state index >= 15 is 0 Å². The molecule has 0 spiro atoms. The minimum Gasteiger partial charge on any atom is -0.361 e. The van der Waals surface area contributed by atoms with E-state index in [9.17, 15) is 18.0 Å². The van der Waals surface area contributed by atoms with Crippen LogP contribution >= 0.6 is 11.8 Å². The fourth-order valence-corrected chi connectivity index (χ4v) is 6.48.